The first-order chi connectivity index (χ1) is 10.2. The molecule has 3 heterocycles. The predicted octanol–water partition coefficient (Wildman–Crippen LogP) is 0.272. The van der Waals surface area contributed by atoms with E-state index in [0.29, 0.717) is 12.4 Å². The van der Waals surface area contributed by atoms with E-state index in [1.54, 1.807) is 12.4 Å². The minimum atomic E-state index is -0.240. The molecule has 0 saturated carbocycles. The van der Waals surface area contributed by atoms with Gasteiger partial charge >= 0.3 is 0 Å². The molecule has 0 radical (unpaired) electrons. The maximum Gasteiger partial charge on any atom is 0.287 e. The summed E-state index contributed by atoms with van der Waals surface area (Å²) in [5.41, 5.74) is 6.73. The Labute approximate surface area is 122 Å². The molecule has 4 N–H and O–H groups in total. The summed E-state index contributed by atoms with van der Waals surface area (Å²) in [6.45, 7) is 2.12. The van der Waals surface area contributed by atoms with E-state index in [4.69, 9.17) is 5.73 Å². The van der Waals surface area contributed by atoms with E-state index in [9.17, 15) is 4.79 Å². The molecule has 0 bridgehead atoms. The van der Waals surface area contributed by atoms with Gasteiger partial charge in [0, 0.05) is 31.5 Å². The first-order valence-corrected chi connectivity index (χ1v) is 6.96. The van der Waals surface area contributed by atoms with Gasteiger partial charge in [-0.1, -0.05) is 6.07 Å². The molecule has 1 aliphatic rings. The van der Waals surface area contributed by atoms with Crippen LogP contribution in [0.4, 0.5) is 5.82 Å². The molecule has 110 valence electrons. The minimum Gasteiger partial charge on any atom is -0.355 e. The number of pyridine rings is 1. The molecule has 0 aromatic carbocycles. The number of hydrogen-bond acceptors (Lipinski definition) is 5. The van der Waals surface area contributed by atoms with Crippen molar-refractivity contribution >= 4 is 11.7 Å². The number of H-pyrrole nitrogens is 1. The van der Waals surface area contributed by atoms with E-state index in [-0.39, 0.29) is 11.9 Å². The average molecular weight is 286 g/mol. The second kappa shape index (κ2) is 5.92. The number of aromatic amines is 1. The third kappa shape index (κ3) is 3.19. The van der Waals surface area contributed by atoms with E-state index < -0.39 is 0 Å². The van der Waals surface area contributed by atoms with Crippen LogP contribution in [-0.2, 0) is 6.54 Å². The Hall–Kier alpha value is -2.41. The van der Waals surface area contributed by atoms with Crippen LogP contribution in [0.5, 0.6) is 0 Å². The Morgan fingerprint density at radius 1 is 1.52 bits per heavy atom. The first-order valence-electron chi connectivity index (χ1n) is 6.96. The number of amides is 1. The highest BCUT2D eigenvalue weighted by atomic mass is 16.2. The van der Waals surface area contributed by atoms with Crippen molar-refractivity contribution in [1.29, 1.82) is 0 Å². The highest BCUT2D eigenvalue weighted by molar-refractivity contribution is 5.90. The molecule has 1 atom stereocenters. The van der Waals surface area contributed by atoms with Crippen LogP contribution < -0.4 is 16.0 Å². The maximum absolute atomic E-state index is 11.8. The lowest BCUT2D eigenvalue weighted by Gasteiger charge is -2.17. The third-order valence-electron chi connectivity index (χ3n) is 3.48. The molecule has 21 heavy (non-hydrogen) atoms. The van der Waals surface area contributed by atoms with Gasteiger partial charge in [0.15, 0.2) is 5.82 Å². The zero-order valence-corrected chi connectivity index (χ0v) is 11.6. The van der Waals surface area contributed by atoms with E-state index >= 15 is 0 Å². The molecule has 2 aromatic heterocycles. The number of nitrogens with one attached hydrogen (secondary N) is 2. The van der Waals surface area contributed by atoms with Crippen LogP contribution in [-0.4, -0.2) is 40.0 Å². The molecule has 3 rings (SSSR count). The van der Waals surface area contributed by atoms with Gasteiger partial charge in [-0.3, -0.25) is 4.79 Å². The standard InChI is InChI=1S/C14H18N6O/c15-10-4-7-20(9-10)12-3-1-2-11(19-12)8-18-14(21)13-16-5-6-17-13/h1-3,5-6,10H,4,7-9,15H2,(H,16,17)(H,18,21). The summed E-state index contributed by atoms with van der Waals surface area (Å²) in [6, 6.07) is 6.02. The van der Waals surface area contributed by atoms with Gasteiger partial charge in [0.05, 0.1) is 12.2 Å². The second-order valence-electron chi connectivity index (χ2n) is 5.10. The molecule has 7 heteroatoms. The molecular formula is C14H18N6O. The zero-order valence-electron chi connectivity index (χ0n) is 11.6. The maximum atomic E-state index is 11.8. The molecule has 0 aliphatic carbocycles. The second-order valence-corrected chi connectivity index (χ2v) is 5.10. The van der Waals surface area contributed by atoms with Crippen LogP contribution in [0.1, 0.15) is 22.7 Å². The quantitative estimate of drug-likeness (QED) is 0.749. The molecule has 1 aliphatic heterocycles. The van der Waals surface area contributed by atoms with E-state index in [1.165, 1.54) is 0 Å². The number of nitrogens with two attached hydrogens (primary N) is 1. The lowest BCUT2D eigenvalue weighted by Crippen LogP contribution is -2.27. The van der Waals surface area contributed by atoms with Crippen LogP contribution in [0.25, 0.3) is 0 Å². The Morgan fingerprint density at radius 2 is 2.43 bits per heavy atom. The molecule has 7 nitrogen and oxygen atoms in total. The smallest absolute Gasteiger partial charge is 0.287 e. The van der Waals surface area contributed by atoms with E-state index in [1.807, 2.05) is 18.2 Å². The van der Waals surface area contributed by atoms with Gasteiger partial charge in [0.2, 0.25) is 0 Å². The summed E-state index contributed by atoms with van der Waals surface area (Å²) in [5, 5.41) is 2.79. The van der Waals surface area contributed by atoms with Gasteiger partial charge in [-0.2, -0.15) is 0 Å². The normalized spacial score (nSPS) is 18.0. The fourth-order valence-electron chi connectivity index (χ4n) is 2.38. The molecule has 1 fully saturated rings. The summed E-state index contributed by atoms with van der Waals surface area (Å²) in [6.07, 6.45) is 4.15. The van der Waals surface area contributed by atoms with Gasteiger partial charge in [-0.05, 0) is 18.6 Å². The number of carbonyl (C=O) groups excluding carboxylic acids is 1. The monoisotopic (exact) mass is 286 g/mol. The number of nitrogens with zero attached hydrogens (tertiary/aromatic N) is 3. The number of hydrogen-bond donors (Lipinski definition) is 3. The summed E-state index contributed by atoms with van der Waals surface area (Å²) in [4.78, 5) is 25.2. The van der Waals surface area contributed by atoms with Crippen molar-refractivity contribution in [2.24, 2.45) is 5.73 Å². The van der Waals surface area contributed by atoms with Crippen LogP contribution in [0.2, 0.25) is 0 Å². The highest BCUT2D eigenvalue weighted by Crippen LogP contribution is 2.17. The van der Waals surface area contributed by atoms with Gasteiger partial charge in [-0.15, -0.1) is 0 Å². The van der Waals surface area contributed by atoms with Crippen LogP contribution >= 0.6 is 0 Å². The van der Waals surface area contributed by atoms with Crippen LogP contribution in [0.3, 0.4) is 0 Å². The Balaban J connectivity index is 1.62. The number of anilines is 1. The van der Waals surface area contributed by atoms with E-state index in [2.05, 4.69) is 25.2 Å². The fraction of sp³-hybridized carbons (Fsp3) is 0.357. The molecule has 1 saturated heterocycles. The Morgan fingerprint density at radius 3 is 3.14 bits per heavy atom. The minimum absolute atomic E-state index is 0.217. The lowest BCUT2D eigenvalue weighted by atomic mass is 10.3. The number of aromatic nitrogens is 3. The van der Waals surface area contributed by atoms with Crippen molar-refractivity contribution < 1.29 is 4.79 Å². The average Bonchev–Trinajstić information content (AvgIpc) is 3.16. The third-order valence-corrected chi connectivity index (χ3v) is 3.48. The largest absolute Gasteiger partial charge is 0.355 e. The van der Waals surface area contributed by atoms with Gasteiger partial charge in [0.25, 0.3) is 5.91 Å². The summed E-state index contributed by atoms with van der Waals surface area (Å²) in [5.74, 6) is 0.972. The molecule has 1 unspecified atom stereocenters. The van der Waals surface area contributed by atoms with Crippen molar-refractivity contribution in [3.05, 3.63) is 42.1 Å². The first kappa shape index (κ1) is 13.6. The Bertz CT molecular complexity index is 612. The van der Waals surface area contributed by atoms with Crippen LogP contribution in [0, 0.1) is 0 Å². The SMILES string of the molecule is NC1CCN(c2cccc(CNC(=O)c3ncc[nH]3)n2)C1. The zero-order chi connectivity index (χ0) is 14.7. The Kier molecular flexibility index (Phi) is 3.83. The fourth-order valence-corrected chi connectivity index (χ4v) is 2.38. The van der Waals surface area contributed by atoms with Crippen molar-refractivity contribution in [2.45, 2.75) is 19.0 Å². The van der Waals surface area contributed by atoms with E-state index in [0.717, 1.165) is 31.0 Å². The van der Waals surface area contributed by atoms with Crippen LogP contribution in [0.15, 0.2) is 30.6 Å². The molecule has 2 aromatic rings. The van der Waals surface area contributed by atoms with Crippen molar-refractivity contribution in [2.75, 3.05) is 18.0 Å². The summed E-state index contributed by atoms with van der Waals surface area (Å²) >= 11 is 0. The van der Waals surface area contributed by atoms with Crippen molar-refractivity contribution in [1.82, 2.24) is 20.3 Å². The summed E-state index contributed by atoms with van der Waals surface area (Å²) in [7, 11) is 0. The molecule has 1 amide bonds. The number of rotatable bonds is 4. The highest BCUT2D eigenvalue weighted by Gasteiger charge is 2.20. The molecule has 0 spiro atoms. The van der Waals surface area contributed by atoms with Gasteiger partial charge in [0.1, 0.15) is 5.82 Å². The lowest BCUT2D eigenvalue weighted by molar-refractivity contribution is 0.0941. The number of imidazole rings is 1. The van der Waals surface area contributed by atoms with Crippen molar-refractivity contribution in [3.8, 4) is 0 Å². The summed E-state index contributed by atoms with van der Waals surface area (Å²) < 4.78 is 0. The van der Waals surface area contributed by atoms with Gasteiger partial charge < -0.3 is 20.9 Å². The van der Waals surface area contributed by atoms with Gasteiger partial charge in [-0.25, -0.2) is 9.97 Å². The number of carbonyl (C=O) groups is 1. The molecular weight excluding hydrogens is 268 g/mol. The topological polar surface area (TPSA) is 99.9 Å². The predicted molar refractivity (Wildman–Crippen MR) is 78.8 cm³/mol. The van der Waals surface area contributed by atoms with Crippen molar-refractivity contribution in [3.63, 3.8) is 0 Å².